The minimum Gasteiger partial charge on any atom is -0.312 e. The molecule has 1 aliphatic rings. The lowest BCUT2D eigenvalue weighted by Gasteiger charge is -2.39. The maximum Gasteiger partial charge on any atom is 0.00697 e. The van der Waals surface area contributed by atoms with E-state index in [1.165, 1.54) is 70.6 Å². The zero-order chi connectivity index (χ0) is 15.7. The second-order valence-corrected chi connectivity index (χ2v) is 8.16. The molecule has 0 amide bonds. The smallest absolute Gasteiger partial charge is 0.00697 e. The zero-order valence-corrected chi connectivity index (χ0v) is 15.5. The molecule has 1 fully saturated rings. The summed E-state index contributed by atoms with van der Waals surface area (Å²) in [5.74, 6) is 0.949. The minimum atomic E-state index is 0.551. The van der Waals surface area contributed by atoms with E-state index in [0.29, 0.717) is 11.5 Å². The van der Waals surface area contributed by atoms with Crippen molar-refractivity contribution in [1.29, 1.82) is 0 Å². The van der Waals surface area contributed by atoms with E-state index in [1.54, 1.807) is 0 Å². The van der Waals surface area contributed by atoms with Gasteiger partial charge in [0, 0.05) is 12.1 Å². The van der Waals surface area contributed by atoms with Gasteiger partial charge in [-0.15, -0.1) is 0 Å². The molecule has 0 aromatic heterocycles. The Morgan fingerprint density at radius 1 is 0.952 bits per heavy atom. The SMILES string of the molecule is CCCCCCCC(C)NC1CCC(C(C)(C)CC)CC1. The molecule has 0 aliphatic heterocycles. The topological polar surface area (TPSA) is 12.0 Å². The molecule has 1 unspecified atom stereocenters. The highest BCUT2D eigenvalue weighted by atomic mass is 14.9. The Morgan fingerprint density at radius 3 is 2.14 bits per heavy atom. The molecule has 1 N–H and O–H groups in total. The summed E-state index contributed by atoms with van der Waals surface area (Å²) in [6, 6.07) is 1.51. The van der Waals surface area contributed by atoms with Crippen LogP contribution in [-0.4, -0.2) is 12.1 Å². The second kappa shape index (κ2) is 9.87. The summed E-state index contributed by atoms with van der Waals surface area (Å²) in [6.45, 7) is 12.0. The average Bonchev–Trinajstić information content (AvgIpc) is 2.47. The Morgan fingerprint density at radius 2 is 1.57 bits per heavy atom. The summed E-state index contributed by atoms with van der Waals surface area (Å²) in [5, 5.41) is 3.90. The first-order valence-electron chi connectivity index (χ1n) is 9.75. The van der Waals surface area contributed by atoms with Gasteiger partial charge in [0.1, 0.15) is 0 Å². The van der Waals surface area contributed by atoms with Crippen LogP contribution in [0.15, 0.2) is 0 Å². The third-order valence-corrected chi connectivity index (χ3v) is 6.00. The van der Waals surface area contributed by atoms with Crippen molar-refractivity contribution in [3.63, 3.8) is 0 Å². The molecule has 0 aromatic carbocycles. The first-order valence-corrected chi connectivity index (χ1v) is 9.75. The normalized spacial score (nSPS) is 25.0. The van der Waals surface area contributed by atoms with Gasteiger partial charge >= 0.3 is 0 Å². The Labute approximate surface area is 134 Å². The quantitative estimate of drug-likeness (QED) is 0.465. The van der Waals surface area contributed by atoms with Crippen molar-refractivity contribution in [2.24, 2.45) is 11.3 Å². The van der Waals surface area contributed by atoms with Crippen molar-refractivity contribution in [3.05, 3.63) is 0 Å². The highest BCUT2D eigenvalue weighted by Gasteiger charge is 2.31. The van der Waals surface area contributed by atoms with Crippen molar-refractivity contribution in [2.75, 3.05) is 0 Å². The monoisotopic (exact) mass is 295 g/mol. The molecule has 0 spiro atoms. The van der Waals surface area contributed by atoms with Crippen LogP contribution in [0.25, 0.3) is 0 Å². The fourth-order valence-corrected chi connectivity index (χ4v) is 3.87. The van der Waals surface area contributed by atoms with Crippen LogP contribution in [-0.2, 0) is 0 Å². The van der Waals surface area contributed by atoms with E-state index < -0.39 is 0 Å². The molecule has 0 saturated heterocycles. The van der Waals surface area contributed by atoms with Crippen LogP contribution in [0.1, 0.15) is 105 Å². The molecule has 1 atom stereocenters. The fraction of sp³-hybridized carbons (Fsp3) is 1.00. The van der Waals surface area contributed by atoms with Gasteiger partial charge in [0.25, 0.3) is 0 Å². The molecular weight excluding hydrogens is 254 g/mol. The van der Waals surface area contributed by atoms with Gasteiger partial charge in [-0.05, 0) is 50.4 Å². The van der Waals surface area contributed by atoms with Gasteiger partial charge in [-0.3, -0.25) is 0 Å². The number of hydrogen-bond donors (Lipinski definition) is 1. The van der Waals surface area contributed by atoms with E-state index in [2.05, 4.69) is 39.9 Å². The van der Waals surface area contributed by atoms with E-state index in [0.717, 1.165) is 12.0 Å². The van der Waals surface area contributed by atoms with Crippen LogP contribution in [0.2, 0.25) is 0 Å². The van der Waals surface area contributed by atoms with Crippen LogP contribution in [0.5, 0.6) is 0 Å². The predicted molar refractivity (Wildman–Crippen MR) is 95.8 cm³/mol. The van der Waals surface area contributed by atoms with Crippen LogP contribution in [0.4, 0.5) is 0 Å². The van der Waals surface area contributed by atoms with Crippen LogP contribution >= 0.6 is 0 Å². The highest BCUT2D eigenvalue weighted by molar-refractivity contribution is 4.85. The van der Waals surface area contributed by atoms with E-state index in [9.17, 15) is 0 Å². The standard InChI is InChI=1S/C20H41N/c1-6-8-9-10-11-12-17(3)21-19-15-13-18(14-16-19)20(4,5)7-2/h17-19,21H,6-16H2,1-5H3. The minimum absolute atomic E-state index is 0.551. The summed E-state index contributed by atoms with van der Waals surface area (Å²) in [5.41, 5.74) is 0.551. The molecule has 0 radical (unpaired) electrons. The molecular formula is C20H41N. The molecule has 0 heterocycles. The zero-order valence-electron chi connectivity index (χ0n) is 15.5. The van der Waals surface area contributed by atoms with Gasteiger partial charge in [-0.2, -0.15) is 0 Å². The molecule has 1 heteroatoms. The fourth-order valence-electron chi connectivity index (χ4n) is 3.87. The lowest BCUT2D eigenvalue weighted by molar-refractivity contribution is 0.134. The molecule has 1 rings (SSSR count). The van der Waals surface area contributed by atoms with E-state index in [1.807, 2.05) is 0 Å². The van der Waals surface area contributed by atoms with Crippen LogP contribution < -0.4 is 5.32 Å². The van der Waals surface area contributed by atoms with Crippen LogP contribution in [0, 0.1) is 11.3 Å². The highest BCUT2D eigenvalue weighted by Crippen LogP contribution is 2.40. The van der Waals surface area contributed by atoms with E-state index >= 15 is 0 Å². The molecule has 1 nitrogen and oxygen atoms in total. The molecule has 126 valence electrons. The number of unbranched alkanes of at least 4 members (excludes halogenated alkanes) is 4. The van der Waals surface area contributed by atoms with Crippen molar-refractivity contribution in [3.8, 4) is 0 Å². The summed E-state index contributed by atoms with van der Waals surface area (Å²) in [4.78, 5) is 0. The van der Waals surface area contributed by atoms with Crippen molar-refractivity contribution >= 4 is 0 Å². The van der Waals surface area contributed by atoms with Crippen molar-refractivity contribution in [1.82, 2.24) is 5.32 Å². The summed E-state index contributed by atoms with van der Waals surface area (Å²) >= 11 is 0. The summed E-state index contributed by atoms with van der Waals surface area (Å²) in [7, 11) is 0. The van der Waals surface area contributed by atoms with Gasteiger partial charge in [-0.25, -0.2) is 0 Å². The van der Waals surface area contributed by atoms with Gasteiger partial charge < -0.3 is 5.32 Å². The Hall–Kier alpha value is -0.0400. The maximum absolute atomic E-state index is 3.90. The third-order valence-electron chi connectivity index (χ3n) is 6.00. The van der Waals surface area contributed by atoms with Crippen molar-refractivity contribution < 1.29 is 0 Å². The number of hydrogen-bond acceptors (Lipinski definition) is 1. The van der Waals surface area contributed by atoms with Gasteiger partial charge in [0.05, 0.1) is 0 Å². The van der Waals surface area contributed by atoms with Gasteiger partial charge in [0.15, 0.2) is 0 Å². The summed E-state index contributed by atoms with van der Waals surface area (Å²) < 4.78 is 0. The molecule has 0 aromatic rings. The number of nitrogens with one attached hydrogen (secondary N) is 1. The molecule has 1 saturated carbocycles. The lowest BCUT2D eigenvalue weighted by Crippen LogP contribution is -2.41. The number of rotatable bonds is 10. The first kappa shape index (κ1) is 19.0. The predicted octanol–water partition coefficient (Wildman–Crippen LogP) is 6.32. The Bertz CT molecular complexity index is 251. The maximum atomic E-state index is 3.90. The van der Waals surface area contributed by atoms with Crippen LogP contribution in [0.3, 0.4) is 0 Å². The molecule has 21 heavy (non-hydrogen) atoms. The van der Waals surface area contributed by atoms with E-state index in [4.69, 9.17) is 0 Å². The Kier molecular flexibility index (Phi) is 8.94. The Balaban J connectivity index is 2.14. The molecule has 0 bridgehead atoms. The third kappa shape index (κ3) is 7.17. The first-order chi connectivity index (χ1) is 9.99. The lowest BCUT2D eigenvalue weighted by atomic mass is 9.69. The van der Waals surface area contributed by atoms with E-state index in [-0.39, 0.29) is 0 Å². The largest absolute Gasteiger partial charge is 0.312 e. The summed E-state index contributed by atoms with van der Waals surface area (Å²) in [6.07, 6.45) is 15.4. The van der Waals surface area contributed by atoms with Gasteiger partial charge in [0.2, 0.25) is 0 Å². The average molecular weight is 296 g/mol. The van der Waals surface area contributed by atoms with Gasteiger partial charge in [-0.1, -0.05) is 66.2 Å². The second-order valence-electron chi connectivity index (χ2n) is 8.16. The van der Waals surface area contributed by atoms with Crippen molar-refractivity contribution in [2.45, 2.75) is 117 Å². The molecule has 1 aliphatic carbocycles.